The lowest BCUT2D eigenvalue weighted by Gasteiger charge is -2.14. The number of benzene rings is 3. The zero-order chi connectivity index (χ0) is 71.9. The summed E-state index contributed by atoms with van der Waals surface area (Å²) in [6, 6.07) is 47.9. The summed E-state index contributed by atoms with van der Waals surface area (Å²) in [5, 5.41) is 41.7. The third-order valence-corrected chi connectivity index (χ3v) is 15.2. The van der Waals surface area contributed by atoms with Gasteiger partial charge in [-0.1, -0.05) is 134 Å². The third kappa shape index (κ3) is 24.0. The lowest BCUT2D eigenvalue weighted by Crippen LogP contribution is -2.13. The van der Waals surface area contributed by atoms with Crippen molar-refractivity contribution >= 4 is 63.7 Å². The normalized spacial score (nSPS) is 10.9. The van der Waals surface area contributed by atoms with Crippen LogP contribution in [0.2, 0.25) is 15.1 Å². The van der Waals surface area contributed by atoms with Gasteiger partial charge in [-0.2, -0.15) is 31.1 Å². The molecule has 7 aromatic heterocycles. The van der Waals surface area contributed by atoms with E-state index in [4.69, 9.17) is 78.0 Å². The van der Waals surface area contributed by atoms with Crippen LogP contribution in [0.15, 0.2) is 164 Å². The molecule has 0 spiro atoms. The number of Topliss-reactive ketones (excluding diaryl/α,β-unsaturated/α-hetero) is 3. The van der Waals surface area contributed by atoms with E-state index in [9.17, 15) is 19.2 Å². The van der Waals surface area contributed by atoms with Gasteiger partial charge in [-0.15, -0.1) is 0 Å². The maximum atomic E-state index is 12.5. The highest BCUT2D eigenvalue weighted by atomic mass is 35.5. The average molecular weight is 1370 g/mol. The minimum atomic E-state index is -0.586. The maximum Gasteiger partial charge on any atom is 0.267 e. The molecule has 0 aliphatic rings. The second-order valence-corrected chi connectivity index (χ2v) is 27.1. The second kappa shape index (κ2) is 35.5. The Morgan fingerprint density at radius 3 is 1.10 bits per heavy atom. The molecule has 6 N–H and O–H groups in total. The number of rotatable bonds is 17. The van der Waals surface area contributed by atoms with E-state index in [1.54, 1.807) is 54.9 Å². The minimum absolute atomic E-state index is 0.00768. The van der Waals surface area contributed by atoms with Crippen LogP contribution in [0.5, 0.6) is 0 Å². The number of hydrogen-bond acceptors (Lipinski definition) is 16. The molecule has 0 atom stereocenters. The van der Waals surface area contributed by atoms with Crippen LogP contribution >= 0.6 is 34.8 Å². The number of anilines is 1. The van der Waals surface area contributed by atoms with E-state index in [1.807, 2.05) is 105 Å². The van der Waals surface area contributed by atoms with Crippen molar-refractivity contribution in [2.45, 2.75) is 137 Å². The first-order valence-electron chi connectivity index (χ1n) is 31.2. The molecule has 3 aromatic carbocycles. The van der Waals surface area contributed by atoms with E-state index >= 15 is 0 Å². The zero-order valence-corrected chi connectivity index (χ0v) is 58.8. The molecule has 1 amide bonds. The van der Waals surface area contributed by atoms with E-state index in [1.165, 1.54) is 25.4 Å². The summed E-state index contributed by atoms with van der Waals surface area (Å²) in [4.78, 5) is 62.4. The summed E-state index contributed by atoms with van der Waals surface area (Å²) in [6.45, 7) is 21.1. The average Bonchev–Trinajstić information content (AvgIpc) is 1.67. The topological polar surface area (TPSA) is 323 Å². The van der Waals surface area contributed by atoms with Crippen molar-refractivity contribution in [2.75, 3.05) is 5.73 Å². The largest absolute Gasteiger partial charge is 0.397 e. The highest BCUT2D eigenvalue weighted by Crippen LogP contribution is 2.29. The van der Waals surface area contributed by atoms with Crippen LogP contribution in [0.25, 0.3) is 17.1 Å². The first kappa shape index (κ1) is 76.5. The number of aryl methyl sites for hydroxylation is 2. The number of hydrogen-bond donors (Lipinski definition) is 3. The highest BCUT2D eigenvalue weighted by Gasteiger charge is 2.24. The lowest BCUT2D eigenvalue weighted by atomic mass is 9.92. The Morgan fingerprint density at radius 1 is 0.459 bits per heavy atom. The Balaban J connectivity index is 0.000000206. The van der Waals surface area contributed by atoms with Crippen LogP contribution in [0, 0.1) is 34.0 Å². The summed E-state index contributed by atoms with van der Waals surface area (Å²) >= 11 is 18.3. The summed E-state index contributed by atoms with van der Waals surface area (Å²) in [6.07, 6.45) is 8.97. The number of pyridine rings is 4. The molecule has 0 aliphatic heterocycles. The quantitative estimate of drug-likeness (QED) is 0.0762. The van der Waals surface area contributed by atoms with E-state index in [0.717, 1.165) is 67.9 Å². The fourth-order valence-corrected chi connectivity index (χ4v) is 9.70. The van der Waals surface area contributed by atoms with Crippen molar-refractivity contribution in [1.82, 2.24) is 49.3 Å². The molecule has 23 heteroatoms. The zero-order valence-electron chi connectivity index (χ0n) is 56.6. The molecule has 504 valence electrons. The number of nitrogens with zero attached hydrogens (tertiary/aromatic N) is 13. The Hall–Kier alpha value is -10.5. The molecule has 0 unspecified atom stereocenters. The van der Waals surface area contributed by atoms with Crippen LogP contribution in [-0.4, -0.2) is 72.5 Å². The van der Waals surface area contributed by atoms with Gasteiger partial charge >= 0.3 is 0 Å². The predicted octanol–water partition coefficient (Wildman–Crippen LogP) is 13.8. The molecule has 0 fully saturated rings. The van der Waals surface area contributed by atoms with Gasteiger partial charge in [0, 0.05) is 99.9 Å². The van der Waals surface area contributed by atoms with Gasteiger partial charge in [0.2, 0.25) is 0 Å². The van der Waals surface area contributed by atoms with Crippen molar-refractivity contribution in [3.8, 4) is 35.3 Å². The molecule has 98 heavy (non-hydrogen) atoms. The van der Waals surface area contributed by atoms with Gasteiger partial charge in [-0.3, -0.25) is 24.2 Å². The fraction of sp³-hybridized carbons (Fsp3) is 0.280. The number of ketones is 3. The molecule has 0 radical (unpaired) electrons. The molecule has 10 aromatic rings. The molecule has 10 rings (SSSR count). The molecular formula is C75H79Cl3N16O4. The van der Waals surface area contributed by atoms with Gasteiger partial charge in [-0.05, 0) is 140 Å². The van der Waals surface area contributed by atoms with Gasteiger partial charge in [0.05, 0.1) is 51.7 Å². The van der Waals surface area contributed by atoms with Crippen molar-refractivity contribution in [2.24, 2.45) is 11.5 Å². The van der Waals surface area contributed by atoms with Crippen LogP contribution < -0.4 is 17.2 Å². The number of carbonyl (C=O) groups is 4. The Morgan fingerprint density at radius 2 is 0.806 bits per heavy atom. The molecule has 0 aliphatic carbocycles. The number of nitrogen functional groups attached to an aromatic ring is 1. The van der Waals surface area contributed by atoms with Crippen LogP contribution in [0.1, 0.15) is 161 Å². The van der Waals surface area contributed by atoms with Crippen molar-refractivity contribution in [1.29, 1.82) is 15.8 Å². The van der Waals surface area contributed by atoms with E-state index in [-0.39, 0.29) is 45.7 Å². The van der Waals surface area contributed by atoms with Gasteiger partial charge in [0.25, 0.3) is 5.91 Å². The van der Waals surface area contributed by atoms with Crippen LogP contribution in [0.4, 0.5) is 5.69 Å². The van der Waals surface area contributed by atoms with Crippen molar-refractivity contribution in [3.63, 3.8) is 0 Å². The van der Waals surface area contributed by atoms with Gasteiger partial charge in [0.15, 0.2) is 0 Å². The first-order chi connectivity index (χ1) is 46.3. The molecular weight excluding hydrogens is 1300 g/mol. The van der Waals surface area contributed by atoms with E-state index in [0.29, 0.717) is 82.9 Å². The summed E-state index contributed by atoms with van der Waals surface area (Å²) < 4.78 is 5.61. The number of halogens is 3. The molecule has 0 bridgehead atoms. The summed E-state index contributed by atoms with van der Waals surface area (Å²) in [7, 11) is 0. The monoisotopic (exact) mass is 1370 g/mol. The molecule has 0 saturated heterocycles. The van der Waals surface area contributed by atoms with Crippen LogP contribution in [-0.2, 0) is 69.3 Å². The Kier molecular flexibility index (Phi) is 27.7. The number of primary amides is 1. The standard InChI is InChI=1S/C23H25ClN4O2.C23H23ClN4O.C14H18ClN3.C9H8N2O.C6H5N3/c1-23(2,3)21-13-18(28(27-21)17-6-4-5-16(24)12-17)8-9-19(29)11-15-7-10-20(22(25)30)26-14-15;1-23(2,3)22-13-20(28(27-22)19-6-4-5-17(24)12-19)9-10-21(29)11-16-7-8-18(14-25)26-15-16;1-14(2,3)13-8-12(9-16)18(17-13)11-6-4-5-10(15)7-11;1-7(12)4-8-2-3-9(5-10)11-6-8;7-3-6-2-1-5(8)4-9-6/h4-7,10,12-14H,8-9,11H2,1-3H3,(H2,25,30);4-8,12-13,15H,9-11H2,1-3H3;4-8H,9,16H2,1-3H3;2-3,6H,4H2,1H3;1-2,4H,8H2. The Bertz CT molecular complexity index is 4480. The number of amides is 1. The van der Waals surface area contributed by atoms with Crippen LogP contribution in [0.3, 0.4) is 0 Å². The Labute approximate surface area is 587 Å². The second-order valence-electron chi connectivity index (χ2n) is 25.8. The first-order valence-corrected chi connectivity index (χ1v) is 32.3. The van der Waals surface area contributed by atoms with Gasteiger partial charge in [-0.25, -0.2) is 29.0 Å². The number of nitrogens with two attached hydrogens (primary N) is 3. The smallest absolute Gasteiger partial charge is 0.267 e. The number of nitriles is 3. The highest BCUT2D eigenvalue weighted by molar-refractivity contribution is 6.31. The summed E-state index contributed by atoms with van der Waals surface area (Å²) in [5.41, 5.74) is 28.9. The maximum absolute atomic E-state index is 12.5. The SMILES string of the molecule is CC(=O)Cc1ccc(C#N)nc1.CC(C)(C)c1cc(CCC(=O)Cc2ccc(C#N)nc2)n(-c2cccc(Cl)c2)n1.CC(C)(C)c1cc(CCC(=O)Cc2ccc(C(N)=O)nc2)n(-c2cccc(Cl)c2)n1.CC(C)(C)c1cc(CN)n(-c2cccc(Cl)c2)n1.N#Cc1ccc(N)cn1. The number of aromatic nitrogens is 10. The molecule has 0 saturated carbocycles. The summed E-state index contributed by atoms with van der Waals surface area (Å²) in [5.74, 6) is -0.286. The van der Waals surface area contributed by atoms with Gasteiger partial charge in [0.1, 0.15) is 58.3 Å². The predicted molar refractivity (Wildman–Crippen MR) is 382 cm³/mol. The van der Waals surface area contributed by atoms with Gasteiger partial charge < -0.3 is 17.2 Å². The third-order valence-electron chi connectivity index (χ3n) is 14.5. The fourth-order valence-electron chi connectivity index (χ4n) is 9.15. The number of carbonyl (C=O) groups excluding carboxylic acids is 4. The molecule has 7 heterocycles. The lowest BCUT2D eigenvalue weighted by molar-refractivity contribution is -0.119. The van der Waals surface area contributed by atoms with Crippen molar-refractivity contribution in [3.05, 3.63) is 253 Å². The van der Waals surface area contributed by atoms with Crippen molar-refractivity contribution < 1.29 is 19.2 Å². The minimum Gasteiger partial charge on any atom is -0.397 e. The van der Waals surface area contributed by atoms with E-state index in [2.05, 4.69) is 106 Å². The van der Waals surface area contributed by atoms with E-state index < -0.39 is 5.91 Å². The molecule has 20 nitrogen and oxygen atoms in total.